The molecule has 3 rings (SSSR count). The van der Waals surface area contributed by atoms with Gasteiger partial charge in [0, 0.05) is 31.6 Å². The van der Waals surface area contributed by atoms with E-state index in [0.717, 1.165) is 50.2 Å². The number of aromatic nitrogens is 2. The van der Waals surface area contributed by atoms with Crippen LogP contribution in [-0.4, -0.2) is 34.5 Å². The van der Waals surface area contributed by atoms with E-state index >= 15 is 0 Å². The lowest BCUT2D eigenvalue weighted by atomic mass is 10.1. The van der Waals surface area contributed by atoms with Gasteiger partial charge in [0.05, 0.1) is 5.69 Å². The van der Waals surface area contributed by atoms with Crippen molar-refractivity contribution in [1.82, 2.24) is 14.9 Å². The lowest BCUT2D eigenvalue weighted by molar-refractivity contribution is 0.313. The molecule has 0 saturated carbocycles. The molecular formula is C15H17Cl2N3. The molecule has 5 heteroatoms. The summed E-state index contributed by atoms with van der Waals surface area (Å²) >= 11 is 12.1. The third kappa shape index (κ3) is 3.22. The first-order valence-electron chi connectivity index (χ1n) is 7.01. The Hall–Kier alpha value is -0.900. The van der Waals surface area contributed by atoms with Crippen LogP contribution in [0.3, 0.4) is 0 Å². The van der Waals surface area contributed by atoms with E-state index in [1.165, 1.54) is 12.0 Å². The number of fused-ring (bicyclic) bond motifs is 1. The summed E-state index contributed by atoms with van der Waals surface area (Å²) in [5.41, 5.74) is 3.48. The first-order valence-corrected chi connectivity index (χ1v) is 7.76. The minimum Gasteiger partial charge on any atom is -0.298 e. The molecule has 1 aromatic rings. The van der Waals surface area contributed by atoms with Crippen LogP contribution in [0.4, 0.5) is 0 Å². The molecule has 20 heavy (non-hydrogen) atoms. The average Bonchev–Trinajstić information content (AvgIpc) is 2.63. The maximum Gasteiger partial charge on any atom is 0.224 e. The number of rotatable bonds is 2. The van der Waals surface area contributed by atoms with Gasteiger partial charge < -0.3 is 0 Å². The molecule has 0 amide bonds. The first-order chi connectivity index (χ1) is 9.72. The van der Waals surface area contributed by atoms with Crippen LogP contribution in [0.25, 0.3) is 0 Å². The Bertz CT molecular complexity index is 566. The van der Waals surface area contributed by atoms with E-state index in [1.54, 1.807) is 0 Å². The molecule has 0 spiro atoms. The van der Waals surface area contributed by atoms with Gasteiger partial charge in [-0.1, -0.05) is 29.8 Å². The van der Waals surface area contributed by atoms with E-state index in [0.29, 0.717) is 5.15 Å². The Morgan fingerprint density at radius 1 is 1.10 bits per heavy atom. The number of nitrogens with zero attached hydrogens (tertiary/aromatic N) is 3. The molecule has 106 valence electrons. The van der Waals surface area contributed by atoms with Crippen molar-refractivity contribution in [1.29, 1.82) is 0 Å². The zero-order chi connectivity index (χ0) is 13.9. The Morgan fingerprint density at radius 3 is 2.75 bits per heavy atom. The highest BCUT2D eigenvalue weighted by atomic mass is 35.5. The molecule has 0 aromatic carbocycles. The van der Waals surface area contributed by atoms with Gasteiger partial charge in [-0.05, 0) is 36.4 Å². The van der Waals surface area contributed by atoms with Crippen molar-refractivity contribution in [3.63, 3.8) is 0 Å². The fraction of sp³-hybridized carbons (Fsp3) is 0.467. The Morgan fingerprint density at radius 2 is 1.95 bits per heavy atom. The summed E-state index contributed by atoms with van der Waals surface area (Å²) in [4.78, 5) is 10.8. The zero-order valence-electron chi connectivity index (χ0n) is 11.3. The van der Waals surface area contributed by atoms with E-state index in [2.05, 4.69) is 33.1 Å². The van der Waals surface area contributed by atoms with Crippen LogP contribution in [0, 0.1) is 0 Å². The fourth-order valence-electron chi connectivity index (χ4n) is 2.77. The van der Waals surface area contributed by atoms with E-state index in [4.69, 9.17) is 23.2 Å². The minimum atomic E-state index is 0.250. The number of halogens is 2. The van der Waals surface area contributed by atoms with Crippen molar-refractivity contribution in [2.24, 2.45) is 0 Å². The quantitative estimate of drug-likeness (QED) is 0.619. The van der Waals surface area contributed by atoms with Crippen molar-refractivity contribution in [2.45, 2.75) is 25.7 Å². The number of hydrogen-bond acceptors (Lipinski definition) is 3. The molecule has 0 saturated heterocycles. The predicted octanol–water partition coefficient (Wildman–Crippen LogP) is 3.46. The van der Waals surface area contributed by atoms with Gasteiger partial charge in [-0.25, -0.2) is 9.97 Å². The Kier molecular flexibility index (Phi) is 4.39. The van der Waals surface area contributed by atoms with Gasteiger partial charge >= 0.3 is 0 Å². The maximum atomic E-state index is 6.18. The van der Waals surface area contributed by atoms with Gasteiger partial charge in [0.25, 0.3) is 0 Å². The minimum absolute atomic E-state index is 0.250. The van der Waals surface area contributed by atoms with Crippen molar-refractivity contribution in [3.05, 3.63) is 45.5 Å². The topological polar surface area (TPSA) is 29.0 Å². The highest BCUT2D eigenvalue weighted by Gasteiger charge is 2.19. The summed E-state index contributed by atoms with van der Waals surface area (Å²) in [6, 6.07) is 0. The lowest BCUT2D eigenvalue weighted by Gasteiger charge is -2.21. The van der Waals surface area contributed by atoms with Crippen molar-refractivity contribution in [2.75, 3.05) is 19.6 Å². The summed E-state index contributed by atoms with van der Waals surface area (Å²) in [6.45, 7) is 2.98. The summed E-state index contributed by atoms with van der Waals surface area (Å²) in [7, 11) is 0. The van der Waals surface area contributed by atoms with Gasteiger partial charge in [0.15, 0.2) is 0 Å². The highest BCUT2D eigenvalue weighted by molar-refractivity contribution is 6.32. The van der Waals surface area contributed by atoms with Crippen LogP contribution in [0.15, 0.2) is 23.8 Å². The first kappa shape index (κ1) is 14.1. The van der Waals surface area contributed by atoms with Gasteiger partial charge in [-0.3, -0.25) is 4.90 Å². The Labute approximate surface area is 129 Å². The largest absolute Gasteiger partial charge is 0.298 e. The smallest absolute Gasteiger partial charge is 0.224 e. The van der Waals surface area contributed by atoms with Gasteiger partial charge in [0.2, 0.25) is 5.28 Å². The molecule has 0 unspecified atom stereocenters. The van der Waals surface area contributed by atoms with Gasteiger partial charge in [0.1, 0.15) is 5.15 Å². The van der Waals surface area contributed by atoms with Crippen molar-refractivity contribution in [3.8, 4) is 0 Å². The standard InChI is InChI=1S/C15H17Cl2N3/c16-14-12-6-8-20(10-11-4-2-1-3-5-11)9-7-13(12)18-15(17)19-14/h2,4-5H,1,3,6-10H2. The van der Waals surface area contributed by atoms with Crippen LogP contribution < -0.4 is 0 Å². The number of hydrogen-bond donors (Lipinski definition) is 0. The fourth-order valence-corrected chi connectivity index (χ4v) is 3.29. The van der Waals surface area contributed by atoms with Gasteiger partial charge in [-0.2, -0.15) is 0 Å². The van der Waals surface area contributed by atoms with E-state index in [9.17, 15) is 0 Å². The SMILES string of the molecule is Clc1nc(Cl)c2c(n1)CCN(CC1=CCCC=C1)CC2. The maximum absolute atomic E-state index is 6.18. The molecule has 0 atom stereocenters. The molecule has 2 aliphatic rings. The van der Waals surface area contributed by atoms with E-state index in [-0.39, 0.29) is 5.28 Å². The lowest BCUT2D eigenvalue weighted by Crippen LogP contribution is -2.28. The molecule has 1 aliphatic heterocycles. The molecule has 3 nitrogen and oxygen atoms in total. The molecule has 1 aromatic heterocycles. The van der Waals surface area contributed by atoms with Crippen LogP contribution in [-0.2, 0) is 12.8 Å². The van der Waals surface area contributed by atoms with Crippen molar-refractivity contribution >= 4 is 23.2 Å². The molecule has 1 aliphatic carbocycles. The average molecular weight is 310 g/mol. The molecule has 0 N–H and O–H groups in total. The zero-order valence-corrected chi connectivity index (χ0v) is 12.8. The van der Waals surface area contributed by atoms with Gasteiger partial charge in [-0.15, -0.1) is 0 Å². The molecular weight excluding hydrogens is 293 g/mol. The number of allylic oxidation sites excluding steroid dienone is 2. The predicted molar refractivity (Wildman–Crippen MR) is 82.4 cm³/mol. The molecule has 2 heterocycles. The van der Waals surface area contributed by atoms with E-state index in [1.807, 2.05) is 0 Å². The second-order valence-electron chi connectivity index (χ2n) is 5.24. The van der Waals surface area contributed by atoms with Crippen LogP contribution in [0.2, 0.25) is 10.4 Å². The molecule has 0 bridgehead atoms. The van der Waals surface area contributed by atoms with Crippen LogP contribution >= 0.6 is 23.2 Å². The third-order valence-electron chi connectivity index (χ3n) is 3.84. The normalized spacial score (nSPS) is 19.4. The monoisotopic (exact) mass is 309 g/mol. The second kappa shape index (κ2) is 6.25. The summed E-state index contributed by atoms with van der Waals surface area (Å²) in [5.74, 6) is 0. The third-order valence-corrected chi connectivity index (χ3v) is 4.32. The summed E-state index contributed by atoms with van der Waals surface area (Å²) in [6.07, 6.45) is 10.9. The van der Waals surface area contributed by atoms with Crippen molar-refractivity contribution < 1.29 is 0 Å². The molecule has 0 fully saturated rings. The van der Waals surface area contributed by atoms with E-state index < -0.39 is 0 Å². The highest BCUT2D eigenvalue weighted by Crippen LogP contribution is 2.23. The second-order valence-corrected chi connectivity index (χ2v) is 5.94. The van der Waals surface area contributed by atoms with Crippen LogP contribution in [0.5, 0.6) is 0 Å². The Balaban J connectivity index is 1.71. The van der Waals surface area contributed by atoms with Crippen LogP contribution in [0.1, 0.15) is 24.1 Å². The summed E-state index contributed by atoms with van der Waals surface area (Å²) < 4.78 is 0. The molecule has 0 radical (unpaired) electrons. The summed E-state index contributed by atoms with van der Waals surface area (Å²) in [5, 5.41) is 0.763.